The Morgan fingerprint density at radius 2 is 2.32 bits per heavy atom. The van der Waals surface area contributed by atoms with Crippen molar-refractivity contribution in [3.8, 4) is 0 Å². The van der Waals surface area contributed by atoms with E-state index >= 15 is 0 Å². The van der Waals surface area contributed by atoms with E-state index in [1.54, 1.807) is 12.4 Å². The van der Waals surface area contributed by atoms with Gasteiger partial charge in [-0.25, -0.2) is 14.6 Å². The molecule has 2 N–H and O–H groups in total. The molecule has 2 aromatic heterocycles. The minimum absolute atomic E-state index is 0.0267. The molecule has 0 saturated carbocycles. The Kier molecular flexibility index (Phi) is 3.70. The zero-order chi connectivity index (χ0) is 14.0. The van der Waals surface area contributed by atoms with Crippen LogP contribution in [-0.4, -0.2) is 30.6 Å². The smallest absolute Gasteiger partial charge is 0.346 e. The number of H-pyrrole nitrogens is 1. The quantitative estimate of drug-likeness (QED) is 0.634. The number of aryl methyl sites for hydroxylation is 2. The molecule has 0 aliphatic carbocycles. The van der Waals surface area contributed by atoms with E-state index in [-0.39, 0.29) is 10.6 Å². The highest BCUT2D eigenvalue weighted by Crippen LogP contribution is 2.23. The van der Waals surface area contributed by atoms with Gasteiger partial charge in [0, 0.05) is 25.1 Å². The number of aromatic nitrogens is 4. The summed E-state index contributed by atoms with van der Waals surface area (Å²) in [4.78, 5) is 32.7. The minimum atomic E-state index is -1.11. The van der Waals surface area contributed by atoms with E-state index in [0.29, 0.717) is 11.4 Å². The Bertz CT molecular complexity index is 677. The van der Waals surface area contributed by atoms with Crippen molar-refractivity contribution in [1.82, 2.24) is 19.5 Å². The summed E-state index contributed by atoms with van der Waals surface area (Å²) in [5.74, 6) is 0.115. The van der Waals surface area contributed by atoms with Crippen LogP contribution in [0.15, 0.2) is 22.2 Å². The number of rotatable bonds is 4. The third kappa shape index (κ3) is 2.84. The average Bonchev–Trinajstić information content (AvgIpc) is 2.70. The first-order valence-electron chi connectivity index (χ1n) is 5.42. The van der Waals surface area contributed by atoms with E-state index in [2.05, 4.69) is 15.0 Å². The van der Waals surface area contributed by atoms with Crippen LogP contribution in [0.1, 0.15) is 21.9 Å². The van der Waals surface area contributed by atoms with Gasteiger partial charge >= 0.3 is 11.7 Å². The van der Waals surface area contributed by atoms with Crippen LogP contribution < -0.4 is 5.69 Å². The third-order valence-corrected chi connectivity index (χ3v) is 3.53. The summed E-state index contributed by atoms with van der Waals surface area (Å²) in [5.41, 5.74) is -0.224. The number of nitrogens with zero attached hydrogens (tertiary/aromatic N) is 3. The predicted molar refractivity (Wildman–Crippen MR) is 69.3 cm³/mol. The fourth-order valence-corrected chi connectivity index (χ4v) is 2.66. The summed E-state index contributed by atoms with van der Waals surface area (Å²) in [6.45, 7) is 1.54. The number of imidazole rings is 1. The lowest BCUT2D eigenvalue weighted by molar-refractivity contribution is 0.0690. The molecule has 0 aliphatic heterocycles. The van der Waals surface area contributed by atoms with Crippen LogP contribution >= 0.6 is 11.8 Å². The number of hydrogen-bond donors (Lipinski definition) is 2. The largest absolute Gasteiger partial charge is 0.478 e. The number of carbonyl (C=O) groups is 1. The standard InChI is InChI=1S/C11H12N4O3S/c1-6-8(10(16)17)9(14-11(18)13-6)19-5-7-12-3-4-15(7)2/h3-4H,5H2,1-2H3,(H,16,17)(H,13,14,18). The Labute approximate surface area is 112 Å². The van der Waals surface area contributed by atoms with E-state index in [1.165, 1.54) is 18.7 Å². The Morgan fingerprint density at radius 3 is 2.89 bits per heavy atom. The normalized spacial score (nSPS) is 10.6. The Balaban J connectivity index is 2.32. The number of carboxylic acid groups (broad SMARTS) is 1. The molecule has 0 unspecified atom stereocenters. The van der Waals surface area contributed by atoms with E-state index in [4.69, 9.17) is 5.11 Å². The van der Waals surface area contributed by atoms with Gasteiger partial charge in [0.1, 0.15) is 16.4 Å². The molecule has 100 valence electrons. The van der Waals surface area contributed by atoms with Crippen LogP contribution in [0, 0.1) is 6.92 Å². The van der Waals surface area contributed by atoms with Gasteiger partial charge in [-0.2, -0.15) is 4.98 Å². The molecule has 0 aromatic carbocycles. The maximum absolute atomic E-state index is 11.3. The van der Waals surface area contributed by atoms with E-state index in [1.807, 2.05) is 11.6 Å². The van der Waals surface area contributed by atoms with Gasteiger partial charge in [0.05, 0.1) is 5.75 Å². The Hall–Kier alpha value is -2.09. The molecule has 0 bridgehead atoms. The van der Waals surface area contributed by atoms with Gasteiger partial charge < -0.3 is 14.7 Å². The zero-order valence-corrected chi connectivity index (χ0v) is 11.2. The molecule has 2 aromatic rings. The monoisotopic (exact) mass is 280 g/mol. The summed E-state index contributed by atoms with van der Waals surface area (Å²) in [5, 5.41) is 9.36. The number of aromatic amines is 1. The molecule has 8 heteroatoms. The first kappa shape index (κ1) is 13.3. The molecule has 2 rings (SSSR count). The van der Waals surface area contributed by atoms with Crippen molar-refractivity contribution in [2.75, 3.05) is 0 Å². The van der Waals surface area contributed by atoms with Gasteiger partial charge in [0.25, 0.3) is 0 Å². The van der Waals surface area contributed by atoms with Crippen molar-refractivity contribution in [2.24, 2.45) is 7.05 Å². The van der Waals surface area contributed by atoms with E-state index in [9.17, 15) is 9.59 Å². The third-order valence-electron chi connectivity index (χ3n) is 2.56. The van der Waals surface area contributed by atoms with E-state index in [0.717, 1.165) is 5.82 Å². The van der Waals surface area contributed by atoms with Gasteiger partial charge in [-0.3, -0.25) is 0 Å². The zero-order valence-electron chi connectivity index (χ0n) is 10.4. The molecular formula is C11H12N4O3S. The summed E-state index contributed by atoms with van der Waals surface area (Å²) >= 11 is 1.18. The van der Waals surface area contributed by atoms with Crippen molar-refractivity contribution in [3.05, 3.63) is 40.0 Å². The summed E-state index contributed by atoms with van der Waals surface area (Å²) in [6.07, 6.45) is 3.45. The molecule has 0 amide bonds. The molecule has 0 atom stereocenters. The molecule has 19 heavy (non-hydrogen) atoms. The molecule has 0 spiro atoms. The van der Waals surface area contributed by atoms with Crippen molar-refractivity contribution in [2.45, 2.75) is 17.7 Å². The second kappa shape index (κ2) is 5.27. The molecule has 0 aliphatic rings. The van der Waals surface area contributed by atoms with Crippen molar-refractivity contribution < 1.29 is 9.90 Å². The van der Waals surface area contributed by atoms with E-state index < -0.39 is 11.7 Å². The van der Waals surface area contributed by atoms with Gasteiger partial charge in [-0.05, 0) is 6.92 Å². The molecule has 7 nitrogen and oxygen atoms in total. The number of carboxylic acids is 1. The van der Waals surface area contributed by atoms with Gasteiger partial charge in [0.15, 0.2) is 0 Å². The van der Waals surface area contributed by atoms with Crippen LogP contribution in [-0.2, 0) is 12.8 Å². The van der Waals surface area contributed by atoms with Crippen LogP contribution in [0.2, 0.25) is 0 Å². The average molecular weight is 280 g/mol. The summed E-state index contributed by atoms with van der Waals surface area (Å²) in [7, 11) is 1.84. The first-order valence-corrected chi connectivity index (χ1v) is 6.41. The lowest BCUT2D eigenvalue weighted by Crippen LogP contribution is -2.18. The minimum Gasteiger partial charge on any atom is -0.478 e. The van der Waals surface area contributed by atoms with Crippen LogP contribution in [0.5, 0.6) is 0 Å². The second-order valence-corrected chi connectivity index (χ2v) is 4.86. The highest BCUT2D eigenvalue weighted by atomic mass is 32.2. The van der Waals surface area contributed by atoms with Gasteiger partial charge in [0.2, 0.25) is 0 Å². The number of nitrogens with one attached hydrogen (secondary N) is 1. The molecular weight excluding hydrogens is 268 g/mol. The Morgan fingerprint density at radius 1 is 1.58 bits per heavy atom. The molecule has 2 heterocycles. The van der Waals surface area contributed by atoms with Crippen LogP contribution in [0.25, 0.3) is 0 Å². The number of hydrogen-bond acceptors (Lipinski definition) is 5. The fraction of sp³-hybridized carbons (Fsp3) is 0.273. The summed E-state index contributed by atoms with van der Waals surface area (Å²) in [6, 6.07) is 0. The van der Waals surface area contributed by atoms with Crippen molar-refractivity contribution in [3.63, 3.8) is 0 Å². The highest BCUT2D eigenvalue weighted by molar-refractivity contribution is 7.98. The lowest BCUT2D eigenvalue weighted by atomic mass is 10.2. The van der Waals surface area contributed by atoms with Gasteiger partial charge in [-0.15, -0.1) is 0 Å². The van der Waals surface area contributed by atoms with Crippen LogP contribution in [0.3, 0.4) is 0 Å². The molecule has 0 radical (unpaired) electrons. The molecule has 0 saturated heterocycles. The predicted octanol–water partition coefficient (Wildman–Crippen LogP) is 0.802. The number of thioether (sulfide) groups is 1. The number of aromatic carboxylic acids is 1. The van der Waals surface area contributed by atoms with Crippen molar-refractivity contribution >= 4 is 17.7 Å². The van der Waals surface area contributed by atoms with Crippen molar-refractivity contribution in [1.29, 1.82) is 0 Å². The maximum atomic E-state index is 11.3. The maximum Gasteiger partial charge on any atom is 0.346 e. The topological polar surface area (TPSA) is 101 Å². The SMILES string of the molecule is Cc1[nH]c(=O)nc(SCc2nccn2C)c1C(=O)O. The summed E-state index contributed by atoms with van der Waals surface area (Å²) < 4.78 is 1.83. The molecule has 0 fully saturated rings. The van der Waals surface area contributed by atoms with Crippen LogP contribution in [0.4, 0.5) is 0 Å². The van der Waals surface area contributed by atoms with Gasteiger partial charge in [-0.1, -0.05) is 11.8 Å². The lowest BCUT2D eigenvalue weighted by Gasteiger charge is -2.06. The fourth-order valence-electron chi connectivity index (χ4n) is 1.58. The highest BCUT2D eigenvalue weighted by Gasteiger charge is 2.17. The first-order chi connectivity index (χ1) is 8.99. The second-order valence-electron chi connectivity index (χ2n) is 3.90.